The molecule has 0 bridgehead atoms. The highest BCUT2D eigenvalue weighted by Crippen LogP contribution is 2.19. The summed E-state index contributed by atoms with van der Waals surface area (Å²) in [5.41, 5.74) is 0.526. The summed E-state index contributed by atoms with van der Waals surface area (Å²) in [4.78, 5) is 27.5. The minimum absolute atomic E-state index is 0.0220. The maximum absolute atomic E-state index is 13.0. The number of hydrogen-bond donors (Lipinski definition) is 2. The van der Waals surface area contributed by atoms with Crippen molar-refractivity contribution in [2.24, 2.45) is 11.8 Å². The van der Waals surface area contributed by atoms with E-state index in [-0.39, 0.29) is 17.7 Å². The molecule has 1 heterocycles. The number of likely N-dealkylation sites (tertiary alicyclic amines) is 1. The first kappa shape index (κ1) is 21.2. The van der Waals surface area contributed by atoms with E-state index in [2.05, 4.69) is 17.6 Å². The average Bonchev–Trinajstić information content (AvgIpc) is 2.70. The lowest BCUT2D eigenvalue weighted by atomic mass is 9.95. The highest BCUT2D eigenvalue weighted by molar-refractivity contribution is 5.97. The van der Waals surface area contributed by atoms with Gasteiger partial charge in [0, 0.05) is 18.7 Å². The number of methoxy groups -OCH3 is 1. The van der Waals surface area contributed by atoms with Crippen LogP contribution in [0.5, 0.6) is 5.75 Å². The SMILES string of the molecule is CCNCC1CCN(C(=O)C(NC(=O)c2ccc(OC)cc2)C(C)C)CC1. The Kier molecular flexibility index (Phi) is 8.10. The quantitative estimate of drug-likeness (QED) is 0.731. The van der Waals surface area contributed by atoms with Gasteiger partial charge in [0.15, 0.2) is 0 Å². The van der Waals surface area contributed by atoms with Gasteiger partial charge < -0.3 is 20.3 Å². The van der Waals surface area contributed by atoms with Crippen molar-refractivity contribution in [3.05, 3.63) is 29.8 Å². The molecule has 0 aliphatic carbocycles. The van der Waals surface area contributed by atoms with Crippen LogP contribution < -0.4 is 15.4 Å². The molecule has 1 aliphatic rings. The molecule has 1 atom stereocenters. The first-order valence-corrected chi connectivity index (χ1v) is 9.90. The highest BCUT2D eigenvalue weighted by atomic mass is 16.5. The third kappa shape index (κ3) is 5.96. The molecule has 1 aliphatic heterocycles. The Hall–Kier alpha value is -2.08. The van der Waals surface area contributed by atoms with Gasteiger partial charge in [-0.2, -0.15) is 0 Å². The van der Waals surface area contributed by atoms with Gasteiger partial charge in [-0.25, -0.2) is 0 Å². The molecule has 6 heteroatoms. The number of carbonyl (C=O) groups excluding carboxylic acids is 2. The zero-order valence-corrected chi connectivity index (χ0v) is 17.0. The van der Waals surface area contributed by atoms with Crippen molar-refractivity contribution in [2.45, 2.75) is 39.7 Å². The molecule has 1 unspecified atom stereocenters. The first-order valence-electron chi connectivity index (χ1n) is 9.90. The second kappa shape index (κ2) is 10.3. The van der Waals surface area contributed by atoms with Gasteiger partial charge in [0.1, 0.15) is 11.8 Å². The van der Waals surface area contributed by atoms with Gasteiger partial charge in [-0.1, -0.05) is 20.8 Å². The summed E-state index contributed by atoms with van der Waals surface area (Å²) in [5, 5.41) is 6.32. The van der Waals surface area contributed by atoms with Gasteiger partial charge in [-0.15, -0.1) is 0 Å². The molecule has 1 saturated heterocycles. The zero-order valence-electron chi connectivity index (χ0n) is 17.0. The topological polar surface area (TPSA) is 70.7 Å². The number of hydrogen-bond acceptors (Lipinski definition) is 4. The Balaban J connectivity index is 1.95. The number of nitrogens with zero attached hydrogens (tertiary/aromatic N) is 1. The predicted octanol–water partition coefficient (Wildman–Crippen LogP) is 2.30. The van der Waals surface area contributed by atoms with E-state index in [0.717, 1.165) is 39.0 Å². The van der Waals surface area contributed by atoms with Crippen LogP contribution in [-0.2, 0) is 4.79 Å². The van der Waals surface area contributed by atoms with Crippen LogP contribution in [0.4, 0.5) is 0 Å². The predicted molar refractivity (Wildman–Crippen MR) is 107 cm³/mol. The molecule has 2 amide bonds. The van der Waals surface area contributed by atoms with Gasteiger partial charge in [-0.3, -0.25) is 9.59 Å². The molecule has 27 heavy (non-hydrogen) atoms. The standard InChI is InChI=1S/C21H33N3O3/c1-5-22-14-16-10-12-24(13-11-16)21(26)19(15(2)3)23-20(25)17-6-8-18(27-4)9-7-17/h6-9,15-16,19,22H,5,10-14H2,1-4H3,(H,23,25). The molecule has 0 spiro atoms. The lowest BCUT2D eigenvalue weighted by Gasteiger charge is -2.35. The smallest absolute Gasteiger partial charge is 0.251 e. The van der Waals surface area contributed by atoms with Gasteiger partial charge in [-0.05, 0) is 62.0 Å². The largest absolute Gasteiger partial charge is 0.497 e. The van der Waals surface area contributed by atoms with Crippen molar-refractivity contribution < 1.29 is 14.3 Å². The molecule has 0 aromatic heterocycles. The fourth-order valence-corrected chi connectivity index (χ4v) is 3.38. The summed E-state index contributed by atoms with van der Waals surface area (Å²) in [5.74, 6) is 1.14. The number of benzene rings is 1. The maximum atomic E-state index is 13.0. The lowest BCUT2D eigenvalue weighted by molar-refractivity contribution is -0.135. The Labute approximate surface area is 162 Å². The highest BCUT2D eigenvalue weighted by Gasteiger charge is 2.31. The average molecular weight is 376 g/mol. The van der Waals surface area contributed by atoms with Crippen molar-refractivity contribution in [3.63, 3.8) is 0 Å². The van der Waals surface area contributed by atoms with Crippen LogP contribution in [0, 0.1) is 11.8 Å². The van der Waals surface area contributed by atoms with Crippen LogP contribution in [0.25, 0.3) is 0 Å². The summed E-state index contributed by atoms with van der Waals surface area (Å²) in [7, 11) is 1.59. The minimum atomic E-state index is -0.509. The van der Waals surface area contributed by atoms with Gasteiger partial charge in [0.25, 0.3) is 5.91 Å². The number of amides is 2. The Morgan fingerprint density at radius 2 is 1.81 bits per heavy atom. The fourth-order valence-electron chi connectivity index (χ4n) is 3.38. The van der Waals surface area contributed by atoms with Crippen LogP contribution in [0.2, 0.25) is 0 Å². The summed E-state index contributed by atoms with van der Waals surface area (Å²) in [6.07, 6.45) is 2.02. The first-order chi connectivity index (χ1) is 13.0. The number of nitrogens with one attached hydrogen (secondary N) is 2. The van der Waals surface area contributed by atoms with E-state index in [9.17, 15) is 9.59 Å². The van der Waals surface area contributed by atoms with E-state index in [1.165, 1.54) is 0 Å². The van der Waals surface area contributed by atoms with Crippen molar-refractivity contribution in [1.82, 2.24) is 15.5 Å². The summed E-state index contributed by atoms with van der Waals surface area (Å²) in [6, 6.07) is 6.40. The van der Waals surface area contributed by atoms with Crippen molar-refractivity contribution in [3.8, 4) is 5.75 Å². The maximum Gasteiger partial charge on any atom is 0.251 e. The molecule has 2 rings (SSSR count). The van der Waals surface area contributed by atoms with Gasteiger partial charge >= 0.3 is 0 Å². The van der Waals surface area contributed by atoms with Crippen LogP contribution in [0.3, 0.4) is 0 Å². The van der Waals surface area contributed by atoms with Crippen LogP contribution in [0.1, 0.15) is 44.0 Å². The fraction of sp³-hybridized carbons (Fsp3) is 0.619. The third-order valence-corrected chi connectivity index (χ3v) is 5.18. The molecular formula is C21H33N3O3. The van der Waals surface area contributed by atoms with E-state index < -0.39 is 6.04 Å². The second-order valence-electron chi connectivity index (χ2n) is 7.50. The van der Waals surface area contributed by atoms with Crippen LogP contribution in [0.15, 0.2) is 24.3 Å². The summed E-state index contributed by atoms with van der Waals surface area (Å²) in [6.45, 7) is 9.56. The number of piperidine rings is 1. The van der Waals surface area contributed by atoms with Crippen molar-refractivity contribution in [2.75, 3.05) is 33.3 Å². The normalized spacial score (nSPS) is 16.3. The molecule has 6 nitrogen and oxygen atoms in total. The van der Waals surface area contributed by atoms with Crippen molar-refractivity contribution in [1.29, 1.82) is 0 Å². The van der Waals surface area contributed by atoms with Gasteiger partial charge in [0.05, 0.1) is 7.11 Å². The summed E-state index contributed by atoms with van der Waals surface area (Å²) < 4.78 is 5.12. The van der Waals surface area contributed by atoms with E-state index >= 15 is 0 Å². The molecule has 1 aromatic carbocycles. The molecular weight excluding hydrogens is 342 g/mol. The molecule has 0 radical (unpaired) electrons. The van der Waals surface area contributed by atoms with E-state index in [1.54, 1.807) is 31.4 Å². The van der Waals surface area contributed by atoms with Crippen molar-refractivity contribution >= 4 is 11.8 Å². The van der Waals surface area contributed by atoms with Crippen LogP contribution in [-0.4, -0.2) is 56.0 Å². The molecule has 1 fully saturated rings. The van der Waals surface area contributed by atoms with Gasteiger partial charge in [0.2, 0.25) is 5.91 Å². The minimum Gasteiger partial charge on any atom is -0.497 e. The second-order valence-corrected chi connectivity index (χ2v) is 7.50. The van der Waals surface area contributed by atoms with E-state index in [1.807, 2.05) is 18.7 Å². The zero-order chi connectivity index (χ0) is 19.8. The Morgan fingerprint density at radius 1 is 1.19 bits per heavy atom. The van der Waals surface area contributed by atoms with E-state index in [0.29, 0.717) is 17.2 Å². The molecule has 150 valence electrons. The number of carbonyl (C=O) groups is 2. The molecule has 0 saturated carbocycles. The monoisotopic (exact) mass is 375 g/mol. The molecule has 1 aromatic rings. The number of ether oxygens (including phenoxy) is 1. The lowest BCUT2D eigenvalue weighted by Crippen LogP contribution is -2.53. The Bertz CT molecular complexity index is 608. The van der Waals surface area contributed by atoms with Crippen LogP contribution >= 0.6 is 0 Å². The third-order valence-electron chi connectivity index (χ3n) is 5.18. The van der Waals surface area contributed by atoms with E-state index in [4.69, 9.17) is 4.74 Å². The molecule has 2 N–H and O–H groups in total. The number of rotatable bonds is 8. The summed E-state index contributed by atoms with van der Waals surface area (Å²) >= 11 is 0. The Morgan fingerprint density at radius 3 is 2.33 bits per heavy atom.